The van der Waals surface area contributed by atoms with Crippen LogP contribution in [0.25, 0.3) is 0 Å². The number of aliphatic hydroxyl groups excluding tert-OH is 1. The SMILES string of the molecule is CCO[Si](CCCCC(=O)CCCCCO)(OCC)OCC. The van der Waals surface area contributed by atoms with Gasteiger partial charge in [-0.1, -0.05) is 6.42 Å². The normalized spacial score (nSPS) is 11.8. The molecule has 0 bridgehead atoms. The number of Topliss-reactive ketones (excluding diaryl/α,β-unsaturated/α-hetero) is 1. The summed E-state index contributed by atoms with van der Waals surface area (Å²) < 4.78 is 17.4. The van der Waals surface area contributed by atoms with Gasteiger partial charge in [-0.3, -0.25) is 4.79 Å². The van der Waals surface area contributed by atoms with Crippen molar-refractivity contribution >= 4 is 14.6 Å². The van der Waals surface area contributed by atoms with Gasteiger partial charge in [-0.15, -0.1) is 0 Å². The lowest BCUT2D eigenvalue weighted by Gasteiger charge is -2.28. The fraction of sp³-hybridized carbons (Fsp3) is 0.938. The van der Waals surface area contributed by atoms with Crippen LogP contribution in [0.2, 0.25) is 6.04 Å². The van der Waals surface area contributed by atoms with Crippen LogP contribution in [0.5, 0.6) is 0 Å². The first kappa shape index (κ1) is 21.7. The van der Waals surface area contributed by atoms with Crippen LogP contribution in [0.1, 0.15) is 65.7 Å². The molecule has 1 N–H and O–H groups in total. The second kappa shape index (κ2) is 14.3. The van der Waals surface area contributed by atoms with E-state index in [1.165, 1.54) is 0 Å². The molecule has 0 aliphatic carbocycles. The minimum absolute atomic E-state index is 0.215. The van der Waals surface area contributed by atoms with Gasteiger partial charge < -0.3 is 18.4 Å². The van der Waals surface area contributed by atoms with Crippen LogP contribution in [0.3, 0.4) is 0 Å². The lowest BCUT2D eigenvalue weighted by molar-refractivity contribution is -0.119. The molecule has 0 aromatic carbocycles. The molecule has 0 aliphatic rings. The third kappa shape index (κ3) is 10.5. The topological polar surface area (TPSA) is 65.0 Å². The van der Waals surface area contributed by atoms with E-state index in [2.05, 4.69) is 0 Å². The monoisotopic (exact) mass is 334 g/mol. The maximum absolute atomic E-state index is 11.8. The minimum Gasteiger partial charge on any atom is -0.396 e. The maximum atomic E-state index is 11.8. The van der Waals surface area contributed by atoms with Crippen molar-refractivity contribution < 1.29 is 23.2 Å². The van der Waals surface area contributed by atoms with Crippen LogP contribution in [-0.2, 0) is 18.1 Å². The molecule has 0 amide bonds. The lowest BCUT2D eigenvalue weighted by atomic mass is 10.1. The van der Waals surface area contributed by atoms with E-state index in [0.29, 0.717) is 38.4 Å². The van der Waals surface area contributed by atoms with Crippen molar-refractivity contribution in [1.29, 1.82) is 0 Å². The molecule has 22 heavy (non-hydrogen) atoms. The highest BCUT2D eigenvalue weighted by atomic mass is 28.4. The van der Waals surface area contributed by atoms with E-state index in [1.807, 2.05) is 20.8 Å². The molecular weight excluding hydrogens is 300 g/mol. The molecule has 0 heterocycles. The molecule has 0 saturated carbocycles. The Balaban J connectivity index is 3.98. The Kier molecular flexibility index (Phi) is 14.1. The Morgan fingerprint density at radius 2 is 1.32 bits per heavy atom. The van der Waals surface area contributed by atoms with Crippen LogP contribution in [-0.4, -0.2) is 46.1 Å². The van der Waals surface area contributed by atoms with E-state index in [0.717, 1.165) is 38.1 Å². The average Bonchev–Trinajstić information content (AvgIpc) is 2.49. The third-order valence-corrected chi connectivity index (χ3v) is 6.55. The summed E-state index contributed by atoms with van der Waals surface area (Å²) in [5, 5.41) is 8.70. The molecule has 0 aromatic rings. The summed E-state index contributed by atoms with van der Waals surface area (Å²) in [5.41, 5.74) is 0. The van der Waals surface area contributed by atoms with Crippen LogP contribution in [0.4, 0.5) is 0 Å². The highest BCUT2D eigenvalue weighted by Crippen LogP contribution is 2.20. The van der Waals surface area contributed by atoms with Crippen molar-refractivity contribution in [2.24, 2.45) is 0 Å². The van der Waals surface area contributed by atoms with Gasteiger partial charge in [-0.2, -0.15) is 0 Å². The number of carbonyl (C=O) groups excluding carboxylic acids is 1. The van der Waals surface area contributed by atoms with E-state index in [-0.39, 0.29) is 6.61 Å². The number of carbonyl (C=O) groups is 1. The first-order chi connectivity index (χ1) is 10.6. The fourth-order valence-electron chi connectivity index (χ4n) is 2.40. The molecule has 0 saturated heterocycles. The van der Waals surface area contributed by atoms with Crippen molar-refractivity contribution in [1.82, 2.24) is 0 Å². The highest BCUT2D eigenvalue weighted by molar-refractivity contribution is 6.60. The smallest absolute Gasteiger partial charge is 0.396 e. The van der Waals surface area contributed by atoms with Gasteiger partial charge in [0, 0.05) is 45.3 Å². The van der Waals surface area contributed by atoms with Gasteiger partial charge in [-0.25, -0.2) is 0 Å². The summed E-state index contributed by atoms with van der Waals surface area (Å²) >= 11 is 0. The zero-order chi connectivity index (χ0) is 16.7. The van der Waals surface area contributed by atoms with E-state index in [4.69, 9.17) is 18.4 Å². The Hall–Kier alpha value is -0.273. The van der Waals surface area contributed by atoms with Crippen molar-refractivity contribution in [3.05, 3.63) is 0 Å². The standard InChI is InChI=1S/C16H34O5Si/c1-4-19-22(20-5-2,21-6-3)15-11-9-13-16(18)12-8-7-10-14-17/h17H,4-15H2,1-3H3. The van der Waals surface area contributed by atoms with E-state index in [1.54, 1.807) is 0 Å². The van der Waals surface area contributed by atoms with Crippen LogP contribution >= 0.6 is 0 Å². The zero-order valence-corrected chi connectivity index (χ0v) is 15.6. The second-order valence-corrected chi connectivity index (χ2v) is 7.99. The number of hydrogen-bond donors (Lipinski definition) is 1. The summed E-state index contributed by atoms with van der Waals surface area (Å²) in [6.45, 7) is 7.86. The third-order valence-electron chi connectivity index (χ3n) is 3.40. The first-order valence-electron chi connectivity index (χ1n) is 8.68. The number of rotatable bonds is 16. The molecule has 0 unspecified atom stereocenters. The van der Waals surface area contributed by atoms with Gasteiger partial charge >= 0.3 is 8.80 Å². The van der Waals surface area contributed by atoms with E-state index >= 15 is 0 Å². The Bertz CT molecular complexity index is 256. The highest BCUT2D eigenvalue weighted by Gasteiger charge is 2.39. The average molecular weight is 335 g/mol. The predicted molar refractivity (Wildman–Crippen MR) is 89.9 cm³/mol. The summed E-state index contributed by atoms with van der Waals surface area (Å²) in [6.07, 6.45) is 5.61. The molecule has 0 fully saturated rings. The molecule has 6 heteroatoms. The molecule has 0 aliphatic heterocycles. The molecule has 0 spiro atoms. The largest absolute Gasteiger partial charge is 0.500 e. The van der Waals surface area contributed by atoms with Gasteiger partial charge in [0.15, 0.2) is 0 Å². The van der Waals surface area contributed by atoms with Crippen LogP contribution in [0.15, 0.2) is 0 Å². The number of unbranched alkanes of at least 4 members (excludes halogenated alkanes) is 3. The fourth-order valence-corrected chi connectivity index (χ4v) is 5.09. The van der Waals surface area contributed by atoms with Crippen LogP contribution in [0, 0.1) is 0 Å². The van der Waals surface area contributed by atoms with Gasteiger partial charge in [0.2, 0.25) is 0 Å². The van der Waals surface area contributed by atoms with E-state index < -0.39 is 8.80 Å². The Morgan fingerprint density at radius 3 is 1.77 bits per heavy atom. The maximum Gasteiger partial charge on any atom is 0.500 e. The number of hydrogen-bond acceptors (Lipinski definition) is 5. The van der Waals surface area contributed by atoms with Gasteiger partial charge in [-0.05, 0) is 46.5 Å². The first-order valence-corrected chi connectivity index (χ1v) is 10.6. The summed E-state index contributed by atoms with van der Waals surface area (Å²) in [7, 11) is -2.54. The van der Waals surface area contributed by atoms with Gasteiger partial charge in [0.05, 0.1) is 0 Å². The number of ketones is 1. The van der Waals surface area contributed by atoms with Crippen molar-refractivity contribution in [3.8, 4) is 0 Å². The molecule has 0 radical (unpaired) electrons. The lowest BCUT2D eigenvalue weighted by Crippen LogP contribution is -2.45. The van der Waals surface area contributed by atoms with Crippen molar-refractivity contribution in [2.75, 3.05) is 26.4 Å². The molecule has 132 valence electrons. The molecule has 5 nitrogen and oxygen atoms in total. The predicted octanol–water partition coefficient (Wildman–Crippen LogP) is 3.33. The Morgan fingerprint density at radius 1 is 0.818 bits per heavy atom. The molecule has 0 rings (SSSR count). The van der Waals surface area contributed by atoms with Gasteiger partial charge in [0.25, 0.3) is 0 Å². The van der Waals surface area contributed by atoms with Crippen molar-refractivity contribution in [3.63, 3.8) is 0 Å². The summed E-state index contributed by atoms with van der Waals surface area (Å²) in [4.78, 5) is 11.8. The second-order valence-electron chi connectivity index (χ2n) is 5.26. The van der Waals surface area contributed by atoms with Gasteiger partial charge in [0.1, 0.15) is 5.78 Å². The zero-order valence-electron chi connectivity index (χ0n) is 14.6. The summed E-state index contributed by atoms with van der Waals surface area (Å²) in [6, 6.07) is 0.778. The van der Waals surface area contributed by atoms with Crippen molar-refractivity contribution in [2.45, 2.75) is 71.8 Å². The quantitative estimate of drug-likeness (QED) is 0.346. The number of aliphatic hydroxyl groups is 1. The molecular formula is C16H34O5Si. The molecule has 0 atom stereocenters. The molecule has 0 aromatic heterocycles. The minimum atomic E-state index is -2.54. The van der Waals surface area contributed by atoms with E-state index in [9.17, 15) is 4.79 Å². The Labute approximate surface area is 136 Å². The van der Waals surface area contributed by atoms with Crippen LogP contribution < -0.4 is 0 Å². The summed E-state index contributed by atoms with van der Waals surface area (Å²) in [5.74, 6) is 0.314.